The summed E-state index contributed by atoms with van der Waals surface area (Å²) in [5, 5.41) is 20.0. The quantitative estimate of drug-likeness (QED) is 0.718. The summed E-state index contributed by atoms with van der Waals surface area (Å²) in [7, 11) is 0. The number of hydrogen-bond acceptors (Lipinski definition) is 5. The molecule has 23 heavy (non-hydrogen) atoms. The lowest BCUT2D eigenvalue weighted by molar-refractivity contribution is -0.157. The molecule has 130 valence electrons. The zero-order valence-corrected chi connectivity index (χ0v) is 14.4. The van der Waals surface area contributed by atoms with E-state index in [0.29, 0.717) is 6.61 Å². The number of aliphatic hydroxyl groups excluding tert-OH is 2. The third-order valence-electron chi connectivity index (χ3n) is 3.23. The molecule has 0 aromatic heterocycles. The maximum absolute atomic E-state index is 11.6. The Morgan fingerprint density at radius 3 is 2.35 bits per heavy atom. The average Bonchev–Trinajstić information content (AvgIpc) is 2.43. The van der Waals surface area contributed by atoms with Crippen molar-refractivity contribution in [2.24, 2.45) is 0 Å². The number of hydrogen-bond donors (Lipinski definition) is 2. The van der Waals surface area contributed by atoms with Gasteiger partial charge < -0.3 is 19.7 Å². The second kappa shape index (κ2) is 9.01. The molecule has 0 amide bonds. The van der Waals surface area contributed by atoms with Gasteiger partial charge in [0.2, 0.25) is 0 Å². The summed E-state index contributed by atoms with van der Waals surface area (Å²) in [5.74, 6) is -0.477. The molecule has 0 bridgehead atoms. The fraction of sp³-hybridized carbons (Fsp3) is 0.611. The molecule has 1 rings (SSSR count). The van der Waals surface area contributed by atoms with Gasteiger partial charge in [0.15, 0.2) is 0 Å². The first-order chi connectivity index (χ1) is 10.7. The lowest BCUT2D eigenvalue weighted by Crippen LogP contribution is -2.32. The molecule has 0 saturated carbocycles. The third-order valence-corrected chi connectivity index (χ3v) is 3.23. The Labute approximate surface area is 138 Å². The summed E-state index contributed by atoms with van der Waals surface area (Å²) in [4.78, 5) is 11.6. The number of rotatable bonds is 8. The molecule has 1 aromatic carbocycles. The van der Waals surface area contributed by atoms with E-state index in [4.69, 9.17) is 9.47 Å². The summed E-state index contributed by atoms with van der Waals surface area (Å²) in [6.07, 6.45) is -2.32. The molecule has 5 nitrogen and oxygen atoms in total. The van der Waals surface area contributed by atoms with Crippen LogP contribution in [0.3, 0.4) is 0 Å². The van der Waals surface area contributed by atoms with E-state index in [1.54, 1.807) is 27.7 Å². The maximum Gasteiger partial charge on any atom is 0.308 e. The molecule has 0 aliphatic heterocycles. The van der Waals surface area contributed by atoms with Gasteiger partial charge in [-0.1, -0.05) is 30.3 Å². The number of aliphatic hydroxyl groups is 2. The fourth-order valence-corrected chi connectivity index (χ4v) is 2.04. The van der Waals surface area contributed by atoms with Gasteiger partial charge in [0.05, 0.1) is 31.3 Å². The van der Waals surface area contributed by atoms with Gasteiger partial charge in [-0.05, 0) is 33.3 Å². The Balaban J connectivity index is 2.33. The van der Waals surface area contributed by atoms with Gasteiger partial charge in [-0.2, -0.15) is 0 Å². The Kier molecular flexibility index (Phi) is 7.68. The molecule has 0 spiro atoms. The Morgan fingerprint density at radius 2 is 1.78 bits per heavy atom. The highest BCUT2D eigenvalue weighted by atomic mass is 16.6. The molecule has 0 saturated heterocycles. The van der Waals surface area contributed by atoms with Gasteiger partial charge >= 0.3 is 5.97 Å². The second-order valence-corrected chi connectivity index (χ2v) is 6.75. The van der Waals surface area contributed by atoms with E-state index in [9.17, 15) is 15.0 Å². The molecule has 0 aliphatic rings. The van der Waals surface area contributed by atoms with Crippen LogP contribution in [0, 0.1) is 0 Å². The molecule has 1 aromatic rings. The van der Waals surface area contributed by atoms with Crippen molar-refractivity contribution < 1.29 is 24.5 Å². The smallest absolute Gasteiger partial charge is 0.308 e. The summed E-state index contributed by atoms with van der Waals surface area (Å²) >= 11 is 0. The van der Waals surface area contributed by atoms with Gasteiger partial charge in [0, 0.05) is 6.42 Å². The molecular weight excluding hydrogens is 296 g/mol. The van der Waals surface area contributed by atoms with Crippen molar-refractivity contribution in [2.75, 3.05) is 0 Å². The summed E-state index contributed by atoms with van der Waals surface area (Å²) in [6, 6.07) is 9.65. The first-order valence-electron chi connectivity index (χ1n) is 7.91. The third kappa shape index (κ3) is 8.69. The standard InChI is InChI=1S/C18H28O5/c1-13(22-12-14-8-6-5-7-9-14)16(20)10-15(19)11-17(21)23-18(2,3)4/h5-9,13,15-16,19-20H,10-12H2,1-4H3/t13-,15-,16-/m1/s1. The molecule has 3 atom stereocenters. The first-order valence-corrected chi connectivity index (χ1v) is 7.91. The van der Waals surface area contributed by atoms with E-state index in [2.05, 4.69) is 0 Å². The largest absolute Gasteiger partial charge is 0.460 e. The molecule has 0 aliphatic carbocycles. The van der Waals surface area contributed by atoms with Crippen LogP contribution in [0.15, 0.2) is 30.3 Å². The van der Waals surface area contributed by atoms with Crippen molar-refractivity contribution in [3.05, 3.63) is 35.9 Å². The second-order valence-electron chi connectivity index (χ2n) is 6.75. The lowest BCUT2D eigenvalue weighted by atomic mass is 10.1. The zero-order valence-electron chi connectivity index (χ0n) is 14.4. The molecule has 0 fully saturated rings. The Bertz CT molecular complexity index is 466. The van der Waals surface area contributed by atoms with Crippen LogP contribution < -0.4 is 0 Å². The van der Waals surface area contributed by atoms with Crippen molar-refractivity contribution in [1.82, 2.24) is 0 Å². The van der Waals surface area contributed by atoms with Gasteiger partial charge in [-0.25, -0.2) is 0 Å². The van der Waals surface area contributed by atoms with Crippen molar-refractivity contribution in [1.29, 1.82) is 0 Å². The van der Waals surface area contributed by atoms with Crippen LogP contribution in [0.2, 0.25) is 0 Å². The predicted molar refractivity (Wildman–Crippen MR) is 87.8 cm³/mol. The normalized spacial score (nSPS) is 15.7. The minimum atomic E-state index is -0.956. The lowest BCUT2D eigenvalue weighted by Gasteiger charge is -2.23. The molecule has 0 radical (unpaired) electrons. The van der Waals surface area contributed by atoms with E-state index in [1.807, 2.05) is 30.3 Å². The molecule has 5 heteroatoms. The average molecular weight is 324 g/mol. The van der Waals surface area contributed by atoms with Crippen molar-refractivity contribution in [2.45, 2.75) is 71.1 Å². The van der Waals surface area contributed by atoms with Crippen LogP contribution in [-0.2, 0) is 20.9 Å². The Morgan fingerprint density at radius 1 is 1.17 bits per heavy atom. The van der Waals surface area contributed by atoms with E-state index in [0.717, 1.165) is 5.56 Å². The highest BCUT2D eigenvalue weighted by molar-refractivity contribution is 5.70. The van der Waals surface area contributed by atoms with Gasteiger partial charge in [0.1, 0.15) is 5.60 Å². The van der Waals surface area contributed by atoms with Crippen LogP contribution in [0.1, 0.15) is 46.1 Å². The zero-order chi connectivity index (χ0) is 17.5. The number of esters is 1. The van der Waals surface area contributed by atoms with Crippen LogP contribution >= 0.6 is 0 Å². The van der Waals surface area contributed by atoms with E-state index in [-0.39, 0.29) is 12.8 Å². The summed E-state index contributed by atoms with van der Waals surface area (Å²) in [5.41, 5.74) is 0.433. The number of carbonyl (C=O) groups excluding carboxylic acids is 1. The SMILES string of the molecule is C[C@@H](OCc1ccccc1)[C@H](O)C[C@@H](O)CC(=O)OC(C)(C)C. The number of ether oxygens (including phenoxy) is 2. The van der Waals surface area contributed by atoms with E-state index < -0.39 is 29.9 Å². The van der Waals surface area contributed by atoms with E-state index in [1.165, 1.54) is 0 Å². The molecule has 2 N–H and O–H groups in total. The summed E-state index contributed by atoms with van der Waals surface area (Å²) < 4.78 is 10.7. The highest BCUT2D eigenvalue weighted by Crippen LogP contribution is 2.14. The van der Waals surface area contributed by atoms with Gasteiger partial charge in [-0.15, -0.1) is 0 Å². The number of benzene rings is 1. The molecular formula is C18H28O5. The van der Waals surface area contributed by atoms with Gasteiger partial charge in [0.25, 0.3) is 0 Å². The maximum atomic E-state index is 11.6. The minimum absolute atomic E-state index is 0.0647. The van der Waals surface area contributed by atoms with Gasteiger partial charge in [-0.3, -0.25) is 4.79 Å². The van der Waals surface area contributed by atoms with E-state index >= 15 is 0 Å². The van der Waals surface area contributed by atoms with Crippen LogP contribution in [0.5, 0.6) is 0 Å². The molecule has 0 unspecified atom stereocenters. The summed E-state index contributed by atoms with van der Waals surface area (Å²) in [6.45, 7) is 7.44. The topological polar surface area (TPSA) is 76.0 Å². The van der Waals surface area contributed by atoms with Crippen LogP contribution in [0.4, 0.5) is 0 Å². The van der Waals surface area contributed by atoms with Crippen molar-refractivity contribution >= 4 is 5.97 Å². The monoisotopic (exact) mass is 324 g/mol. The van der Waals surface area contributed by atoms with Crippen molar-refractivity contribution in [3.8, 4) is 0 Å². The Hall–Kier alpha value is -1.43. The number of carbonyl (C=O) groups is 1. The highest BCUT2D eigenvalue weighted by Gasteiger charge is 2.23. The minimum Gasteiger partial charge on any atom is -0.460 e. The molecule has 0 heterocycles. The predicted octanol–water partition coefficient (Wildman–Crippen LogP) is 2.44. The van der Waals surface area contributed by atoms with Crippen LogP contribution in [-0.4, -0.2) is 40.1 Å². The first kappa shape index (κ1) is 19.6. The fourth-order valence-electron chi connectivity index (χ4n) is 2.04. The van der Waals surface area contributed by atoms with Crippen LogP contribution in [0.25, 0.3) is 0 Å². The van der Waals surface area contributed by atoms with Crippen molar-refractivity contribution in [3.63, 3.8) is 0 Å².